The highest BCUT2D eigenvalue weighted by molar-refractivity contribution is 9.10. The maximum absolute atomic E-state index is 13.5. The van der Waals surface area contributed by atoms with Crippen LogP contribution in [0.25, 0.3) is 0 Å². The Morgan fingerprint density at radius 3 is 2.71 bits per heavy atom. The van der Waals surface area contributed by atoms with Crippen LogP contribution < -0.4 is 5.32 Å². The predicted octanol–water partition coefficient (Wildman–Crippen LogP) is 2.22. The highest BCUT2D eigenvalue weighted by Crippen LogP contribution is 2.44. The van der Waals surface area contributed by atoms with Crippen LogP contribution in [0.2, 0.25) is 0 Å². The number of rotatable bonds is 3. The molecule has 1 aromatic rings. The highest BCUT2D eigenvalue weighted by atomic mass is 79.9. The van der Waals surface area contributed by atoms with E-state index in [9.17, 15) is 14.0 Å². The molecule has 6 heteroatoms. The van der Waals surface area contributed by atoms with Gasteiger partial charge >= 0.3 is 0 Å². The molecule has 1 unspecified atom stereocenters. The average molecular weight is 355 g/mol. The Kier molecular flexibility index (Phi) is 3.51. The maximum atomic E-state index is 13.5. The maximum Gasteiger partial charge on any atom is 0.246 e. The van der Waals surface area contributed by atoms with E-state index in [0.29, 0.717) is 10.0 Å². The molecular weight excluding hydrogens is 339 g/mol. The molecule has 0 spiro atoms. The fraction of sp³-hybridized carbons (Fsp3) is 0.467. The van der Waals surface area contributed by atoms with Crippen molar-refractivity contribution in [1.29, 1.82) is 0 Å². The molecule has 1 N–H and O–H groups in total. The summed E-state index contributed by atoms with van der Waals surface area (Å²) >= 11 is 3.25. The minimum absolute atomic E-state index is 0.0115. The van der Waals surface area contributed by atoms with Crippen molar-refractivity contribution in [2.24, 2.45) is 5.92 Å². The van der Waals surface area contributed by atoms with E-state index in [-0.39, 0.29) is 36.6 Å². The van der Waals surface area contributed by atoms with Crippen LogP contribution in [0, 0.1) is 11.7 Å². The van der Waals surface area contributed by atoms with Crippen molar-refractivity contribution in [3.63, 3.8) is 0 Å². The molecule has 112 valence electrons. The van der Waals surface area contributed by atoms with E-state index in [4.69, 9.17) is 0 Å². The Bertz CT molecular complexity index is 597. The number of carbonyl (C=O) groups is 2. The normalized spacial score (nSPS) is 26.0. The van der Waals surface area contributed by atoms with E-state index in [1.807, 2.05) is 6.92 Å². The van der Waals surface area contributed by atoms with Crippen molar-refractivity contribution in [2.75, 3.05) is 6.54 Å². The minimum atomic E-state index is -0.825. The van der Waals surface area contributed by atoms with Crippen molar-refractivity contribution in [1.82, 2.24) is 10.2 Å². The molecule has 3 rings (SSSR count). The van der Waals surface area contributed by atoms with E-state index >= 15 is 0 Å². The summed E-state index contributed by atoms with van der Waals surface area (Å²) in [6.07, 6.45) is 1.89. The van der Waals surface area contributed by atoms with Gasteiger partial charge in [-0.05, 0) is 49.4 Å². The van der Waals surface area contributed by atoms with Crippen LogP contribution in [-0.2, 0) is 16.1 Å². The van der Waals surface area contributed by atoms with Gasteiger partial charge in [-0.3, -0.25) is 9.59 Å². The first-order valence-electron chi connectivity index (χ1n) is 6.95. The van der Waals surface area contributed by atoms with Crippen LogP contribution in [0.1, 0.15) is 25.3 Å². The summed E-state index contributed by atoms with van der Waals surface area (Å²) < 4.78 is 14.1. The van der Waals surface area contributed by atoms with Gasteiger partial charge in [-0.2, -0.15) is 0 Å². The molecule has 1 heterocycles. The first-order chi connectivity index (χ1) is 9.91. The van der Waals surface area contributed by atoms with E-state index < -0.39 is 5.54 Å². The molecule has 2 fully saturated rings. The summed E-state index contributed by atoms with van der Waals surface area (Å²) in [5.74, 6) is -0.399. The van der Waals surface area contributed by atoms with E-state index in [0.717, 1.165) is 12.8 Å². The first-order valence-corrected chi connectivity index (χ1v) is 7.74. The van der Waals surface area contributed by atoms with Gasteiger partial charge in [0.15, 0.2) is 0 Å². The Balaban J connectivity index is 1.93. The third kappa shape index (κ3) is 2.57. The minimum Gasteiger partial charge on any atom is -0.345 e. The zero-order valence-corrected chi connectivity index (χ0v) is 13.2. The third-order valence-corrected chi connectivity index (χ3v) is 4.81. The van der Waals surface area contributed by atoms with Crippen LogP contribution >= 0.6 is 15.9 Å². The zero-order chi connectivity index (χ0) is 15.2. The molecule has 21 heavy (non-hydrogen) atoms. The molecule has 4 nitrogen and oxygen atoms in total. The largest absolute Gasteiger partial charge is 0.345 e. The molecular formula is C15H16BrFN2O2. The average Bonchev–Trinajstić information content (AvgIpc) is 3.23. The SMILES string of the molecule is CC1(C2CC2)C(=O)NCC(=O)N1Cc1cc(F)cc(Br)c1. The van der Waals surface area contributed by atoms with Crippen molar-refractivity contribution in [2.45, 2.75) is 31.8 Å². The standard InChI is InChI=1S/C15H16BrFN2O2/c1-15(10-2-3-10)14(21)18-7-13(20)19(15)8-9-4-11(16)6-12(17)5-9/h4-6,10H,2-3,7-8H2,1H3,(H,18,21). The van der Waals surface area contributed by atoms with Crippen LogP contribution in [-0.4, -0.2) is 28.8 Å². The van der Waals surface area contributed by atoms with Gasteiger partial charge in [0.1, 0.15) is 11.4 Å². The molecule has 1 aliphatic carbocycles. The molecule has 1 aromatic carbocycles. The molecule has 0 bridgehead atoms. The van der Waals surface area contributed by atoms with Gasteiger partial charge < -0.3 is 10.2 Å². The molecule has 1 atom stereocenters. The first kappa shape index (κ1) is 14.5. The number of carbonyl (C=O) groups excluding carboxylic acids is 2. The fourth-order valence-electron chi connectivity index (χ4n) is 3.00. The zero-order valence-electron chi connectivity index (χ0n) is 11.7. The Morgan fingerprint density at radius 2 is 2.10 bits per heavy atom. The molecule has 2 aliphatic rings. The number of benzene rings is 1. The van der Waals surface area contributed by atoms with Crippen LogP contribution in [0.4, 0.5) is 4.39 Å². The molecule has 2 amide bonds. The summed E-state index contributed by atoms with van der Waals surface area (Å²) in [7, 11) is 0. The number of nitrogens with zero attached hydrogens (tertiary/aromatic N) is 1. The van der Waals surface area contributed by atoms with Gasteiger partial charge in [0, 0.05) is 11.0 Å². The summed E-state index contributed by atoms with van der Waals surface area (Å²) in [5.41, 5.74) is -0.148. The smallest absolute Gasteiger partial charge is 0.246 e. The lowest BCUT2D eigenvalue weighted by molar-refractivity contribution is -0.155. The number of hydrogen-bond donors (Lipinski definition) is 1. The van der Waals surface area contributed by atoms with Crippen LogP contribution in [0.3, 0.4) is 0 Å². The highest BCUT2D eigenvalue weighted by Gasteiger charge is 2.54. The molecule has 1 saturated carbocycles. The van der Waals surface area contributed by atoms with E-state index in [2.05, 4.69) is 21.2 Å². The summed E-state index contributed by atoms with van der Waals surface area (Å²) in [5, 5.41) is 2.67. The fourth-order valence-corrected chi connectivity index (χ4v) is 3.51. The van der Waals surface area contributed by atoms with Gasteiger partial charge in [-0.1, -0.05) is 15.9 Å². The van der Waals surface area contributed by atoms with Crippen LogP contribution in [0.15, 0.2) is 22.7 Å². The molecule has 1 aliphatic heterocycles. The second kappa shape index (κ2) is 5.09. The summed E-state index contributed by atoms with van der Waals surface area (Å²) in [6, 6.07) is 4.54. The number of nitrogens with one attached hydrogen (secondary N) is 1. The van der Waals surface area contributed by atoms with Gasteiger partial charge in [0.2, 0.25) is 11.8 Å². The lowest BCUT2D eigenvalue weighted by atomic mass is 9.89. The number of hydrogen-bond acceptors (Lipinski definition) is 2. The van der Waals surface area contributed by atoms with Gasteiger partial charge in [0.05, 0.1) is 6.54 Å². The van der Waals surface area contributed by atoms with E-state index in [1.54, 1.807) is 11.0 Å². The molecule has 0 aromatic heterocycles. The Morgan fingerprint density at radius 1 is 1.38 bits per heavy atom. The second-order valence-corrected chi connectivity index (χ2v) is 6.78. The quantitative estimate of drug-likeness (QED) is 0.904. The summed E-state index contributed by atoms with van der Waals surface area (Å²) in [4.78, 5) is 26.2. The Hall–Kier alpha value is -1.43. The van der Waals surface area contributed by atoms with Crippen molar-refractivity contribution < 1.29 is 14.0 Å². The molecule has 1 saturated heterocycles. The lowest BCUT2D eigenvalue weighted by Crippen LogP contribution is -2.66. The predicted molar refractivity (Wildman–Crippen MR) is 78.8 cm³/mol. The third-order valence-electron chi connectivity index (χ3n) is 4.36. The number of piperazine rings is 1. The van der Waals surface area contributed by atoms with Crippen molar-refractivity contribution in [3.8, 4) is 0 Å². The molecule has 0 radical (unpaired) electrons. The topological polar surface area (TPSA) is 49.4 Å². The van der Waals surface area contributed by atoms with Gasteiger partial charge in [-0.25, -0.2) is 4.39 Å². The Labute approximate surface area is 130 Å². The van der Waals surface area contributed by atoms with Crippen molar-refractivity contribution >= 4 is 27.7 Å². The lowest BCUT2D eigenvalue weighted by Gasteiger charge is -2.44. The van der Waals surface area contributed by atoms with E-state index in [1.165, 1.54) is 12.1 Å². The number of amides is 2. The van der Waals surface area contributed by atoms with Gasteiger partial charge in [0.25, 0.3) is 0 Å². The van der Waals surface area contributed by atoms with Gasteiger partial charge in [-0.15, -0.1) is 0 Å². The monoisotopic (exact) mass is 354 g/mol. The summed E-state index contributed by atoms with van der Waals surface area (Å²) in [6.45, 7) is 2.07. The second-order valence-electron chi connectivity index (χ2n) is 5.86. The number of halogens is 2. The van der Waals surface area contributed by atoms with Crippen LogP contribution in [0.5, 0.6) is 0 Å². The van der Waals surface area contributed by atoms with Crippen molar-refractivity contribution in [3.05, 3.63) is 34.1 Å².